The number of fused-ring (bicyclic) bond motifs is 1. The summed E-state index contributed by atoms with van der Waals surface area (Å²) in [6, 6.07) is 19.6. The number of benzene rings is 2. The van der Waals surface area contributed by atoms with E-state index in [4.69, 9.17) is 9.47 Å². The molecular weight excluding hydrogens is 358 g/mol. The lowest BCUT2D eigenvalue weighted by atomic mass is 10.1. The van der Waals surface area contributed by atoms with Crippen LogP contribution in [0.15, 0.2) is 71.5 Å². The molecule has 0 fully saturated rings. The van der Waals surface area contributed by atoms with Crippen molar-refractivity contribution in [2.45, 2.75) is 6.61 Å². The van der Waals surface area contributed by atoms with Crippen molar-refractivity contribution >= 4 is 11.6 Å². The van der Waals surface area contributed by atoms with Gasteiger partial charge in [0.1, 0.15) is 18.1 Å². The van der Waals surface area contributed by atoms with Gasteiger partial charge in [-0.05, 0) is 6.07 Å². The molecule has 0 aliphatic carbocycles. The van der Waals surface area contributed by atoms with E-state index in [0.717, 1.165) is 11.1 Å². The molecule has 0 saturated carbocycles. The highest BCUT2D eigenvalue weighted by atomic mass is 16.5. The number of rotatable bonds is 5. The average molecular weight is 375 g/mol. The molecule has 0 radical (unpaired) electrons. The summed E-state index contributed by atoms with van der Waals surface area (Å²) in [4.78, 5) is 29.3. The van der Waals surface area contributed by atoms with Crippen LogP contribution in [0.25, 0.3) is 16.9 Å². The van der Waals surface area contributed by atoms with Crippen LogP contribution in [0.2, 0.25) is 0 Å². The minimum Gasteiger partial charge on any atom is -0.496 e. The number of hydrogen-bond acceptors (Lipinski definition) is 5. The first kappa shape index (κ1) is 17.5. The first-order valence-electron chi connectivity index (χ1n) is 8.63. The second-order valence-electron chi connectivity index (χ2n) is 6.10. The van der Waals surface area contributed by atoms with E-state index in [9.17, 15) is 9.59 Å². The van der Waals surface area contributed by atoms with Crippen LogP contribution in [0.3, 0.4) is 0 Å². The topological polar surface area (TPSA) is 85.7 Å². The number of ether oxygens (including phenoxy) is 2. The van der Waals surface area contributed by atoms with Gasteiger partial charge in [0.05, 0.1) is 12.8 Å². The molecule has 0 spiro atoms. The van der Waals surface area contributed by atoms with Gasteiger partial charge in [-0.1, -0.05) is 48.5 Å². The molecule has 0 aliphatic heterocycles. The first-order chi connectivity index (χ1) is 13.7. The lowest BCUT2D eigenvalue weighted by Gasteiger charge is -2.08. The van der Waals surface area contributed by atoms with Gasteiger partial charge in [0, 0.05) is 23.3 Å². The van der Waals surface area contributed by atoms with Crippen LogP contribution in [0.5, 0.6) is 5.75 Å². The van der Waals surface area contributed by atoms with E-state index in [-0.39, 0.29) is 17.9 Å². The summed E-state index contributed by atoms with van der Waals surface area (Å²) in [5.41, 5.74) is 2.28. The van der Waals surface area contributed by atoms with Crippen LogP contribution in [0, 0.1) is 0 Å². The number of hydrogen-bond donors (Lipinski definition) is 1. The fourth-order valence-electron chi connectivity index (χ4n) is 2.90. The molecule has 7 nitrogen and oxygen atoms in total. The molecule has 140 valence electrons. The maximum Gasteiger partial charge on any atom is 0.356 e. The number of esters is 1. The Balaban J connectivity index is 1.60. The maximum atomic E-state index is 12.4. The Bertz CT molecular complexity index is 1200. The molecule has 2 heterocycles. The third-order valence-electron chi connectivity index (χ3n) is 4.29. The average Bonchev–Trinajstić information content (AvgIpc) is 3.18. The van der Waals surface area contributed by atoms with Gasteiger partial charge in [0.25, 0.3) is 5.56 Å². The molecule has 2 aromatic carbocycles. The van der Waals surface area contributed by atoms with Crippen molar-refractivity contribution in [3.8, 4) is 17.0 Å². The molecular formula is C21H17N3O4. The van der Waals surface area contributed by atoms with Crippen LogP contribution in [-0.4, -0.2) is 27.7 Å². The molecule has 4 aromatic rings. The molecule has 4 rings (SSSR count). The van der Waals surface area contributed by atoms with E-state index in [2.05, 4.69) is 10.1 Å². The summed E-state index contributed by atoms with van der Waals surface area (Å²) < 4.78 is 11.8. The standard InChI is InChI=1S/C21H17N3O4/c1-27-18-10-6-5-9-15(18)13-28-21(26)17-11-19-22-16(12-20(25)24(19)23-17)14-7-3-2-4-8-14/h2-12,23H,13H2,1H3. The van der Waals surface area contributed by atoms with Gasteiger partial charge in [-0.3, -0.25) is 9.89 Å². The highest BCUT2D eigenvalue weighted by Gasteiger charge is 2.15. The van der Waals surface area contributed by atoms with E-state index < -0.39 is 5.97 Å². The largest absolute Gasteiger partial charge is 0.496 e. The quantitative estimate of drug-likeness (QED) is 0.542. The fourth-order valence-corrected chi connectivity index (χ4v) is 2.90. The van der Waals surface area contributed by atoms with Crippen LogP contribution >= 0.6 is 0 Å². The fraction of sp³-hybridized carbons (Fsp3) is 0.0952. The Kier molecular flexibility index (Phi) is 4.63. The Morgan fingerprint density at radius 2 is 1.82 bits per heavy atom. The van der Waals surface area contributed by atoms with E-state index in [1.54, 1.807) is 13.2 Å². The third kappa shape index (κ3) is 3.37. The van der Waals surface area contributed by atoms with Crippen molar-refractivity contribution < 1.29 is 14.3 Å². The molecule has 7 heteroatoms. The van der Waals surface area contributed by atoms with Crippen molar-refractivity contribution in [1.29, 1.82) is 0 Å². The highest BCUT2D eigenvalue weighted by molar-refractivity contribution is 5.88. The zero-order valence-electron chi connectivity index (χ0n) is 15.1. The second kappa shape index (κ2) is 7.40. The summed E-state index contributed by atoms with van der Waals surface area (Å²) in [5.74, 6) is 0.0504. The zero-order chi connectivity index (χ0) is 19.5. The maximum absolute atomic E-state index is 12.4. The van der Waals surface area contributed by atoms with E-state index >= 15 is 0 Å². The number of carbonyl (C=O) groups is 1. The zero-order valence-corrected chi connectivity index (χ0v) is 15.1. The summed E-state index contributed by atoms with van der Waals surface area (Å²) in [6.45, 7) is 0.0514. The van der Waals surface area contributed by atoms with Crippen molar-refractivity contribution in [3.63, 3.8) is 0 Å². The SMILES string of the molecule is COc1ccccc1COC(=O)c1cc2nc(-c3ccccc3)cc(=O)n2[nH]1. The van der Waals surface area contributed by atoms with Crippen molar-refractivity contribution in [3.05, 3.63) is 88.3 Å². The molecule has 0 unspecified atom stereocenters. The highest BCUT2D eigenvalue weighted by Crippen LogP contribution is 2.19. The molecule has 0 amide bonds. The minimum atomic E-state index is -0.586. The molecule has 28 heavy (non-hydrogen) atoms. The van der Waals surface area contributed by atoms with E-state index in [0.29, 0.717) is 17.1 Å². The molecule has 0 bridgehead atoms. The van der Waals surface area contributed by atoms with E-state index in [1.165, 1.54) is 16.6 Å². The Labute approximate surface area is 160 Å². The number of para-hydroxylation sites is 1. The van der Waals surface area contributed by atoms with Crippen LogP contribution in [0.1, 0.15) is 16.1 Å². The minimum absolute atomic E-state index is 0.0514. The molecule has 0 saturated heterocycles. The lowest BCUT2D eigenvalue weighted by molar-refractivity contribution is 0.0462. The predicted octanol–water partition coefficient (Wildman–Crippen LogP) is 3.06. The van der Waals surface area contributed by atoms with E-state index in [1.807, 2.05) is 48.5 Å². The molecule has 0 aliphatic rings. The number of methoxy groups -OCH3 is 1. The summed E-state index contributed by atoms with van der Waals surface area (Å²) in [6.07, 6.45) is 0. The van der Waals surface area contributed by atoms with Gasteiger partial charge >= 0.3 is 5.97 Å². The Morgan fingerprint density at radius 1 is 1.07 bits per heavy atom. The van der Waals surface area contributed by atoms with Crippen LogP contribution < -0.4 is 10.3 Å². The number of aromatic nitrogens is 3. The Morgan fingerprint density at radius 3 is 2.61 bits per heavy atom. The summed E-state index contributed by atoms with van der Waals surface area (Å²) >= 11 is 0. The number of aromatic amines is 1. The van der Waals surface area contributed by atoms with Crippen molar-refractivity contribution in [2.75, 3.05) is 7.11 Å². The van der Waals surface area contributed by atoms with Gasteiger partial charge in [0.2, 0.25) is 0 Å². The molecule has 1 N–H and O–H groups in total. The summed E-state index contributed by atoms with van der Waals surface area (Å²) in [7, 11) is 1.56. The van der Waals surface area contributed by atoms with Gasteiger partial charge in [-0.2, -0.15) is 0 Å². The Hall–Kier alpha value is -3.87. The lowest BCUT2D eigenvalue weighted by Crippen LogP contribution is -2.15. The van der Waals surface area contributed by atoms with Crippen LogP contribution in [-0.2, 0) is 11.3 Å². The summed E-state index contributed by atoms with van der Waals surface area (Å²) in [5, 5.41) is 2.74. The van der Waals surface area contributed by atoms with Gasteiger partial charge in [-0.25, -0.2) is 14.3 Å². The molecule has 0 atom stereocenters. The van der Waals surface area contributed by atoms with Crippen molar-refractivity contribution in [1.82, 2.24) is 14.6 Å². The van der Waals surface area contributed by atoms with Crippen LogP contribution in [0.4, 0.5) is 0 Å². The second-order valence-corrected chi connectivity index (χ2v) is 6.10. The van der Waals surface area contributed by atoms with Gasteiger partial charge in [0.15, 0.2) is 5.65 Å². The number of nitrogens with one attached hydrogen (secondary N) is 1. The first-order valence-corrected chi connectivity index (χ1v) is 8.63. The van der Waals surface area contributed by atoms with Crippen molar-refractivity contribution in [2.24, 2.45) is 0 Å². The van der Waals surface area contributed by atoms with Gasteiger partial charge in [-0.15, -0.1) is 0 Å². The normalized spacial score (nSPS) is 10.8. The molecule has 2 aromatic heterocycles. The number of carbonyl (C=O) groups excluding carboxylic acids is 1. The van der Waals surface area contributed by atoms with Gasteiger partial charge < -0.3 is 9.47 Å². The third-order valence-corrected chi connectivity index (χ3v) is 4.29. The number of nitrogens with zero attached hydrogens (tertiary/aromatic N) is 2. The smallest absolute Gasteiger partial charge is 0.356 e. The predicted molar refractivity (Wildman–Crippen MR) is 103 cm³/mol. The number of H-pyrrole nitrogens is 1. The monoisotopic (exact) mass is 375 g/mol.